The zero-order valence-electron chi connectivity index (χ0n) is 10.7. The van der Waals surface area contributed by atoms with Crippen LogP contribution in [0.4, 0.5) is 5.69 Å². The Kier molecular flexibility index (Phi) is 4.04. The lowest BCUT2D eigenvalue weighted by Gasteiger charge is -2.02. The van der Waals surface area contributed by atoms with Crippen molar-refractivity contribution in [1.82, 2.24) is 14.8 Å². The number of thiazole rings is 1. The van der Waals surface area contributed by atoms with Crippen molar-refractivity contribution in [1.29, 1.82) is 0 Å². The fourth-order valence-corrected chi connectivity index (χ4v) is 3.51. The molecule has 108 valence electrons. The number of methoxy groups -OCH3 is 1. The average Bonchev–Trinajstić information content (AvgIpc) is 2.98. The molecule has 2 rings (SSSR count). The third kappa shape index (κ3) is 3.33. The Bertz CT molecular complexity index is 719. The van der Waals surface area contributed by atoms with Crippen molar-refractivity contribution in [2.75, 3.05) is 11.8 Å². The minimum absolute atomic E-state index is 0.0854. The number of rotatable bonds is 5. The molecule has 0 saturated heterocycles. The summed E-state index contributed by atoms with van der Waals surface area (Å²) in [6.07, 6.45) is 4.01. The smallest absolute Gasteiger partial charge is 0.327 e. The van der Waals surface area contributed by atoms with Gasteiger partial charge in [-0.1, -0.05) is 0 Å². The minimum atomic E-state index is -3.68. The van der Waals surface area contributed by atoms with Gasteiger partial charge in [-0.2, -0.15) is 5.10 Å². The number of ether oxygens (including phenoxy) is 1. The van der Waals surface area contributed by atoms with Gasteiger partial charge in [0.2, 0.25) is 0 Å². The molecular formula is C10H12N4O4S2. The molecule has 8 nitrogen and oxygen atoms in total. The van der Waals surface area contributed by atoms with Crippen molar-refractivity contribution >= 4 is 33.0 Å². The summed E-state index contributed by atoms with van der Waals surface area (Å²) in [4.78, 5) is 15.0. The van der Waals surface area contributed by atoms with Gasteiger partial charge >= 0.3 is 5.97 Å². The number of carbonyl (C=O) groups excluding carboxylic acids is 1. The second-order valence-corrected chi connectivity index (χ2v) is 6.95. The molecule has 0 fully saturated rings. The van der Waals surface area contributed by atoms with Crippen LogP contribution in [-0.4, -0.2) is 36.3 Å². The van der Waals surface area contributed by atoms with Crippen molar-refractivity contribution in [2.45, 2.75) is 17.7 Å². The predicted octanol–water partition coefficient (Wildman–Crippen LogP) is 0.622. The van der Waals surface area contributed by atoms with E-state index in [9.17, 15) is 13.2 Å². The molecule has 10 heteroatoms. The highest BCUT2D eigenvalue weighted by atomic mass is 32.2. The van der Waals surface area contributed by atoms with Crippen LogP contribution in [0.25, 0.3) is 0 Å². The van der Waals surface area contributed by atoms with Crippen LogP contribution in [0, 0.1) is 6.92 Å². The van der Waals surface area contributed by atoms with Crippen LogP contribution in [0.15, 0.2) is 22.8 Å². The molecule has 1 N–H and O–H groups in total. The summed E-state index contributed by atoms with van der Waals surface area (Å²) in [7, 11) is -2.41. The largest absolute Gasteiger partial charge is 0.468 e. The molecule has 2 aromatic heterocycles. The molecule has 0 aromatic carbocycles. The van der Waals surface area contributed by atoms with E-state index in [1.165, 1.54) is 30.4 Å². The molecule has 0 atom stereocenters. The van der Waals surface area contributed by atoms with Gasteiger partial charge in [0.25, 0.3) is 10.0 Å². The lowest BCUT2D eigenvalue weighted by atomic mass is 10.6. The maximum absolute atomic E-state index is 12.0. The average molecular weight is 316 g/mol. The van der Waals surface area contributed by atoms with Gasteiger partial charge < -0.3 is 4.74 Å². The highest BCUT2D eigenvalue weighted by molar-refractivity contribution is 7.94. The van der Waals surface area contributed by atoms with Gasteiger partial charge in [-0.05, 0) is 6.92 Å². The van der Waals surface area contributed by atoms with Crippen LogP contribution in [-0.2, 0) is 26.1 Å². The van der Waals surface area contributed by atoms with Gasteiger partial charge in [0.1, 0.15) is 6.54 Å². The molecule has 0 saturated carbocycles. The Hall–Kier alpha value is -1.94. The Balaban J connectivity index is 2.12. The molecule has 0 unspecified atom stereocenters. The highest BCUT2D eigenvalue weighted by Gasteiger charge is 2.18. The van der Waals surface area contributed by atoms with Crippen LogP contribution < -0.4 is 4.72 Å². The summed E-state index contributed by atoms with van der Waals surface area (Å²) in [5, 5.41) is 4.52. The maximum Gasteiger partial charge on any atom is 0.327 e. The highest BCUT2D eigenvalue weighted by Crippen LogP contribution is 2.20. The number of anilines is 1. The van der Waals surface area contributed by atoms with Gasteiger partial charge in [-0.15, -0.1) is 11.3 Å². The zero-order valence-corrected chi connectivity index (χ0v) is 12.4. The van der Waals surface area contributed by atoms with E-state index in [4.69, 9.17) is 0 Å². The van der Waals surface area contributed by atoms with E-state index >= 15 is 0 Å². The molecule has 20 heavy (non-hydrogen) atoms. The summed E-state index contributed by atoms with van der Waals surface area (Å²) in [5.41, 5.74) is 0.264. The van der Waals surface area contributed by atoms with Crippen LogP contribution in [0.2, 0.25) is 0 Å². The molecule has 0 aliphatic carbocycles. The first-order valence-corrected chi connectivity index (χ1v) is 7.75. The molecular weight excluding hydrogens is 304 g/mol. The van der Waals surface area contributed by atoms with Crippen molar-refractivity contribution in [3.8, 4) is 0 Å². The first kappa shape index (κ1) is 14.5. The minimum Gasteiger partial charge on any atom is -0.468 e. The Morgan fingerprint density at radius 1 is 1.50 bits per heavy atom. The van der Waals surface area contributed by atoms with E-state index in [1.54, 1.807) is 6.92 Å². The maximum atomic E-state index is 12.0. The predicted molar refractivity (Wildman–Crippen MR) is 71.9 cm³/mol. The first-order valence-electron chi connectivity index (χ1n) is 5.45. The molecule has 0 amide bonds. The Labute approximate surface area is 119 Å². The van der Waals surface area contributed by atoms with E-state index in [0.29, 0.717) is 5.01 Å². The lowest BCUT2D eigenvalue weighted by Crippen LogP contribution is -2.12. The standard InChI is InChI=1S/C10H12N4O4S2/c1-7-11-4-10(19-7)20(16,17)13-8-3-12-14(5-8)6-9(15)18-2/h3-5,13H,6H2,1-2H3. The van der Waals surface area contributed by atoms with Crippen LogP contribution in [0.1, 0.15) is 5.01 Å². The summed E-state index contributed by atoms with van der Waals surface area (Å²) in [6.45, 7) is 1.63. The monoisotopic (exact) mass is 316 g/mol. The normalized spacial score (nSPS) is 11.3. The van der Waals surface area contributed by atoms with E-state index < -0.39 is 16.0 Å². The number of sulfonamides is 1. The molecule has 0 radical (unpaired) electrons. The molecule has 0 bridgehead atoms. The summed E-state index contributed by atoms with van der Waals surface area (Å²) in [5.74, 6) is -0.472. The number of nitrogens with one attached hydrogen (secondary N) is 1. The second-order valence-electron chi connectivity index (χ2n) is 3.81. The quantitative estimate of drug-likeness (QED) is 0.811. The number of aromatic nitrogens is 3. The number of carbonyl (C=O) groups is 1. The number of hydrogen-bond acceptors (Lipinski definition) is 7. The number of aryl methyl sites for hydroxylation is 1. The van der Waals surface area contributed by atoms with Gasteiger partial charge in [0.15, 0.2) is 4.21 Å². The summed E-state index contributed by atoms with van der Waals surface area (Å²) in [6, 6.07) is 0. The van der Waals surface area contributed by atoms with Crippen LogP contribution in [0.5, 0.6) is 0 Å². The van der Waals surface area contributed by atoms with E-state index in [1.807, 2.05) is 0 Å². The second kappa shape index (κ2) is 5.59. The number of esters is 1. The summed E-state index contributed by atoms with van der Waals surface area (Å²) >= 11 is 1.07. The van der Waals surface area contributed by atoms with Gasteiger partial charge in [0.05, 0.1) is 30.2 Å². The molecule has 2 heterocycles. The van der Waals surface area contributed by atoms with E-state index in [0.717, 1.165) is 11.3 Å². The van der Waals surface area contributed by atoms with Gasteiger partial charge in [-0.3, -0.25) is 14.2 Å². The van der Waals surface area contributed by atoms with Crippen LogP contribution >= 0.6 is 11.3 Å². The fraction of sp³-hybridized carbons (Fsp3) is 0.300. The third-order valence-corrected chi connectivity index (χ3v) is 5.02. The SMILES string of the molecule is COC(=O)Cn1cc(NS(=O)(=O)c2cnc(C)s2)cn1. The fourth-order valence-electron chi connectivity index (χ4n) is 1.37. The van der Waals surface area contributed by atoms with E-state index in [2.05, 4.69) is 19.5 Å². The molecule has 2 aromatic rings. The van der Waals surface area contributed by atoms with E-state index in [-0.39, 0.29) is 16.4 Å². The summed E-state index contributed by atoms with van der Waals surface area (Å²) < 4.78 is 32.3. The van der Waals surface area contributed by atoms with Crippen molar-refractivity contribution in [3.63, 3.8) is 0 Å². The van der Waals surface area contributed by atoms with Crippen LogP contribution in [0.3, 0.4) is 0 Å². The zero-order chi connectivity index (χ0) is 14.8. The lowest BCUT2D eigenvalue weighted by molar-refractivity contribution is -0.141. The number of nitrogens with zero attached hydrogens (tertiary/aromatic N) is 3. The Morgan fingerprint density at radius 2 is 2.25 bits per heavy atom. The molecule has 0 aliphatic heterocycles. The van der Waals surface area contributed by atoms with Gasteiger partial charge in [0, 0.05) is 6.20 Å². The van der Waals surface area contributed by atoms with Crippen molar-refractivity contribution in [2.24, 2.45) is 0 Å². The molecule has 0 aliphatic rings. The van der Waals surface area contributed by atoms with Crippen molar-refractivity contribution in [3.05, 3.63) is 23.6 Å². The third-order valence-electron chi connectivity index (χ3n) is 2.27. The number of hydrogen-bond donors (Lipinski definition) is 1. The topological polar surface area (TPSA) is 103 Å². The van der Waals surface area contributed by atoms with Gasteiger partial charge in [-0.25, -0.2) is 13.4 Å². The molecule has 0 spiro atoms. The van der Waals surface area contributed by atoms with Crippen molar-refractivity contribution < 1.29 is 17.9 Å². The first-order chi connectivity index (χ1) is 9.40. The Morgan fingerprint density at radius 3 is 2.85 bits per heavy atom.